The standard InChI is InChI=1S/C26H31ClO7/c1-4-31-22-8-5-19(6-9-22)11-21-12-20(7-10-24(21)27)25-13-23(33-18(3)30)14-26(15-28,34-25)16-32-17(2)29/h5-10,12,23,25,28H,4,11,13-16H2,1-3H3/t23?,25?,26-/m1/s1. The zero-order chi connectivity index (χ0) is 24.7. The first-order valence-corrected chi connectivity index (χ1v) is 11.7. The molecule has 0 spiro atoms. The minimum atomic E-state index is -1.18. The quantitative estimate of drug-likeness (QED) is 0.520. The fraction of sp³-hybridized carbons (Fsp3) is 0.462. The average molecular weight is 491 g/mol. The summed E-state index contributed by atoms with van der Waals surface area (Å²) < 4.78 is 22.4. The van der Waals surface area contributed by atoms with E-state index in [1.54, 1.807) is 0 Å². The molecule has 0 bridgehead atoms. The fourth-order valence-electron chi connectivity index (χ4n) is 4.16. The molecule has 1 aliphatic heterocycles. The first-order valence-electron chi connectivity index (χ1n) is 11.3. The second-order valence-electron chi connectivity index (χ2n) is 8.50. The first kappa shape index (κ1) is 26.0. The third-order valence-electron chi connectivity index (χ3n) is 5.70. The van der Waals surface area contributed by atoms with Crippen LogP contribution in [0.1, 0.15) is 56.4 Å². The van der Waals surface area contributed by atoms with Crippen LogP contribution < -0.4 is 4.74 Å². The molecule has 0 saturated carbocycles. The molecule has 3 rings (SSSR count). The lowest BCUT2D eigenvalue weighted by Crippen LogP contribution is -2.50. The van der Waals surface area contributed by atoms with Crippen molar-refractivity contribution in [2.45, 2.75) is 57.8 Å². The van der Waals surface area contributed by atoms with Crippen LogP contribution in [-0.2, 0) is 30.2 Å². The number of carbonyl (C=O) groups is 2. The summed E-state index contributed by atoms with van der Waals surface area (Å²) in [4.78, 5) is 23.1. The molecule has 2 aromatic carbocycles. The van der Waals surface area contributed by atoms with Gasteiger partial charge in [0.05, 0.1) is 19.3 Å². The Hall–Kier alpha value is -2.61. The van der Waals surface area contributed by atoms with Gasteiger partial charge in [0.2, 0.25) is 0 Å². The van der Waals surface area contributed by atoms with E-state index >= 15 is 0 Å². The molecule has 2 unspecified atom stereocenters. The first-order chi connectivity index (χ1) is 16.2. The van der Waals surface area contributed by atoms with Gasteiger partial charge in [-0.15, -0.1) is 0 Å². The van der Waals surface area contributed by atoms with Crippen LogP contribution >= 0.6 is 11.6 Å². The molecule has 1 heterocycles. The maximum Gasteiger partial charge on any atom is 0.302 e. The summed E-state index contributed by atoms with van der Waals surface area (Å²) in [6, 6.07) is 13.5. The van der Waals surface area contributed by atoms with E-state index in [4.69, 9.17) is 30.5 Å². The van der Waals surface area contributed by atoms with Gasteiger partial charge in [-0.3, -0.25) is 9.59 Å². The molecule has 2 aromatic rings. The van der Waals surface area contributed by atoms with Crippen molar-refractivity contribution in [3.05, 3.63) is 64.2 Å². The van der Waals surface area contributed by atoms with Gasteiger partial charge in [0.25, 0.3) is 0 Å². The average Bonchev–Trinajstić information content (AvgIpc) is 2.80. The summed E-state index contributed by atoms with van der Waals surface area (Å²) in [7, 11) is 0. The lowest BCUT2D eigenvalue weighted by atomic mass is 9.87. The molecule has 0 amide bonds. The molecule has 1 aliphatic rings. The van der Waals surface area contributed by atoms with Crippen molar-refractivity contribution in [2.24, 2.45) is 0 Å². The molecule has 1 fully saturated rings. The molecular formula is C26H31ClO7. The number of carbonyl (C=O) groups excluding carboxylic acids is 2. The topological polar surface area (TPSA) is 91.3 Å². The van der Waals surface area contributed by atoms with Crippen molar-refractivity contribution in [3.63, 3.8) is 0 Å². The van der Waals surface area contributed by atoms with E-state index in [0.29, 0.717) is 24.5 Å². The van der Waals surface area contributed by atoms with Gasteiger partial charge in [-0.1, -0.05) is 35.9 Å². The van der Waals surface area contributed by atoms with Crippen molar-refractivity contribution in [3.8, 4) is 5.75 Å². The van der Waals surface area contributed by atoms with Gasteiger partial charge in [0.1, 0.15) is 24.1 Å². The van der Waals surface area contributed by atoms with Crippen LogP contribution in [0, 0.1) is 0 Å². The van der Waals surface area contributed by atoms with Gasteiger partial charge >= 0.3 is 11.9 Å². The van der Waals surface area contributed by atoms with Gasteiger partial charge in [-0.05, 0) is 48.2 Å². The monoisotopic (exact) mass is 490 g/mol. The SMILES string of the molecule is CCOc1ccc(Cc2cc(C3CC(OC(C)=O)C[C@@](CO)(COC(C)=O)O3)ccc2Cl)cc1. The maximum atomic E-state index is 11.7. The molecule has 1 N–H and O–H groups in total. The lowest BCUT2D eigenvalue weighted by Gasteiger charge is -2.43. The number of esters is 2. The van der Waals surface area contributed by atoms with Crippen LogP contribution in [0.4, 0.5) is 0 Å². The predicted molar refractivity (Wildman–Crippen MR) is 127 cm³/mol. The number of aliphatic hydroxyl groups excluding tert-OH is 1. The third-order valence-corrected chi connectivity index (χ3v) is 6.07. The molecule has 7 nitrogen and oxygen atoms in total. The van der Waals surface area contributed by atoms with Crippen LogP contribution in [0.15, 0.2) is 42.5 Å². The van der Waals surface area contributed by atoms with E-state index in [0.717, 1.165) is 22.4 Å². The van der Waals surface area contributed by atoms with Crippen molar-refractivity contribution in [1.29, 1.82) is 0 Å². The van der Waals surface area contributed by atoms with Crippen LogP contribution in [0.3, 0.4) is 0 Å². The zero-order valence-electron chi connectivity index (χ0n) is 19.7. The Morgan fingerprint density at radius 3 is 2.50 bits per heavy atom. The Balaban J connectivity index is 1.85. The summed E-state index contributed by atoms with van der Waals surface area (Å²) in [5.74, 6) is -0.0877. The van der Waals surface area contributed by atoms with E-state index in [2.05, 4.69) is 0 Å². The third kappa shape index (κ3) is 6.95. The Labute approximate surface area is 204 Å². The summed E-state index contributed by atoms with van der Waals surface area (Å²) in [5.41, 5.74) is 1.65. The van der Waals surface area contributed by atoms with Crippen LogP contribution in [0.2, 0.25) is 5.02 Å². The number of hydrogen-bond acceptors (Lipinski definition) is 7. The van der Waals surface area contributed by atoms with E-state index in [1.165, 1.54) is 13.8 Å². The number of aliphatic hydroxyl groups is 1. The van der Waals surface area contributed by atoms with Gasteiger partial charge in [-0.25, -0.2) is 0 Å². The van der Waals surface area contributed by atoms with E-state index in [1.807, 2.05) is 49.4 Å². The van der Waals surface area contributed by atoms with E-state index in [9.17, 15) is 14.7 Å². The molecule has 184 valence electrons. The fourth-order valence-corrected chi connectivity index (χ4v) is 4.34. The number of benzene rings is 2. The Morgan fingerprint density at radius 1 is 1.15 bits per heavy atom. The van der Waals surface area contributed by atoms with Crippen molar-refractivity contribution in [1.82, 2.24) is 0 Å². The minimum Gasteiger partial charge on any atom is -0.494 e. The Kier molecular flexibility index (Phi) is 8.94. The highest BCUT2D eigenvalue weighted by atomic mass is 35.5. The summed E-state index contributed by atoms with van der Waals surface area (Å²) in [6.45, 7) is 4.66. The van der Waals surface area contributed by atoms with Gasteiger partial charge in [-0.2, -0.15) is 0 Å². The van der Waals surface area contributed by atoms with Gasteiger partial charge < -0.3 is 24.1 Å². The molecule has 0 aromatic heterocycles. The molecule has 34 heavy (non-hydrogen) atoms. The van der Waals surface area contributed by atoms with Crippen LogP contribution in [0.5, 0.6) is 5.75 Å². The minimum absolute atomic E-state index is 0.139. The number of hydrogen-bond donors (Lipinski definition) is 1. The molecule has 3 atom stereocenters. The number of rotatable bonds is 9. The number of ether oxygens (including phenoxy) is 4. The van der Waals surface area contributed by atoms with E-state index < -0.39 is 29.7 Å². The predicted octanol–water partition coefficient (Wildman–Crippen LogP) is 4.41. The zero-order valence-corrected chi connectivity index (χ0v) is 20.5. The normalized spacial score (nSPS) is 22.1. The molecule has 1 saturated heterocycles. The molecule has 8 heteroatoms. The van der Waals surface area contributed by atoms with Gasteiger partial charge in [0.15, 0.2) is 0 Å². The maximum absolute atomic E-state index is 11.7. The smallest absolute Gasteiger partial charge is 0.302 e. The highest BCUT2D eigenvalue weighted by Gasteiger charge is 2.44. The second kappa shape index (κ2) is 11.7. The largest absolute Gasteiger partial charge is 0.494 e. The van der Waals surface area contributed by atoms with Crippen molar-refractivity contribution < 1.29 is 33.6 Å². The second-order valence-corrected chi connectivity index (χ2v) is 8.91. The lowest BCUT2D eigenvalue weighted by molar-refractivity contribution is -0.213. The van der Waals surface area contributed by atoms with Crippen molar-refractivity contribution in [2.75, 3.05) is 19.8 Å². The van der Waals surface area contributed by atoms with Crippen LogP contribution in [0.25, 0.3) is 0 Å². The summed E-state index contributed by atoms with van der Waals surface area (Å²) in [5, 5.41) is 10.8. The van der Waals surface area contributed by atoms with Gasteiger partial charge in [0, 0.05) is 31.7 Å². The summed E-state index contributed by atoms with van der Waals surface area (Å²) in [6.07, 6.45) is 0.254. The highest BCUT2D eigenvalue weighted by molar-refractivity contribution is 6.31. The Bertz CT molecular complexity index is 991. The van der Waals surface area contributed by atoms with E-state index in [-0.39, 0.29) is 19.6 Å². The van der Waals surface area contributed by atoms with Crippen molar-refractivity contribution >= 4 is 23.5 Å². The van der Waals surface area contributed by atoms with Crippen LogP contribution in [-0.4, -0.2) is 48.6 Å². The Morgan fingerprint density at radius 2 is 1.88 bits per heavy atom. The molecule has 0 aliphatic carbocycles. The number of halogens is 1. The highest BCUT2D eigenvalue weighted by Crippen LogP contribution is 2.40. The molecule has 0 radical (unpaired) electrons. The molecular weight excluding hydrogens is 460 g/mol. The summed E-state index contributed by atoms with van der Waals surface area (Å²) >= 11 is 6.50.